The van der Waals surface area contributed by atoms with E-state index in [1.54, 1.807) is 4.90 Å². The second-order valence-electron chi connectivity index (χ2n) is 6.27. The van der Waals surface area contributed by atoms with Gasteiger partial charge in [0.25, 0.3) is 0 Å². The molecule has 0 bridgehead atoms. The van der Waals surface area contributed by atoms with Crippen LogP contribution in [-0.4, -0.2) is 41.1 Å². The molecule has 2 rings (SSSR count). The standard InChI is InChI=1S/C14H26N2O2/c1-2-14(18)10-16(11-14)12(17)8-13(9-15)6-4-3-5-7-13/h18H,2-11,15H2,1H3. The number of carbonyl (C=O) groups is 1. The van der Waals surface area contributed by atoms with Crippen LogP contribution in [0.4, 0.5) is 0 Å². The van der Waals surface area contributed by atoms with Crippen molar-refractivity contribution in [1.82, 2.24) is 4.90 Å². The summed E-state index contributed by atoms with van der Waals surface area (Å²) in [6, 6.07) is 0. The van der Waals surface area contributed by atoms with Crippen molar-refractivity contribution in [2.24, 2.45) is 11.1 Å². The van der Waals surface area contributed by atoms with Crippen LogP contribution in [0.15, 0.2) is 0 Å². The Morgan fingerprint density at radius 1 is 1.28 bits per heavy atom. The Kier molecular flexibility index (Phi) is 3.97. The van der Waals surface area contributed by atoms with E-state index < -0.39 is 5.60 Å². The van der Waals surface area contributed by atoms with Crippen LogP contribution in [0.3, 0.4) is 0 Å². The fourth-order valence-corrected chi connectivity index (χ4v) is 3.25. The van der Waals surface area contributed by atoms with Gasteiger partial charge in [0.15, 0.2) is 0 Å². The third-order valence-electron chi connectivity index (χ3n) is 4.85. The Hall–Kier alpha value is -0.610. The molecule has 104 valence electrons. The molecule has 3 N–H and O–H groups in total. The van der Waals surface area contributed by atoms with Crippen LogP contribution in [0, 0.1) is 5.41 Å². The fraction of sp³-hybridized carbons (Fsp3) is 0.929. The predicted octanol–water partition coefficient (Wildman–Crippen LogP) is 1.27. The number of likely N-dealkylation sites (tertiary alicyclic amines) is 1. The molecule has 18 heavy (non-hydrogen) atoms. The lowest BCUT2D eigenvalue weighted by Gasteiger charge is -2.47. The van der Waals surface area contributed by atoms with E-state index >= 15 is 0 Å². The van der Waals surface area contributed by atoms with Gasteiger partial charge in [-0.15, -0.1) is 0 Å². The number of hydrogen-bond donors (Lipinski definition) is 2. The maximum atomic E-state index is 12.2. The summed E-state index contributed by atoms with van der Waals surface area (Å²) >= 11 is 0. The van der Waals surface area contributed by atoms with Crippen molar-refractivity contribution in [3.8, 4) is 0 Å². The van der Waals surface area contributed by atoms with E-state index in [1.807, 2.05) is 6.92 Å². The molecule has 0 unspecified atom stereocenters. The molecule has 1 aliphatic heterocycles. The van der Waals surface area contributed by atoms with Crippen molar-refractivity contribution in [3.63, 3.8) is 0 Å². The Labute approximate surface area is 110 Å². The molecule has 2 fully saturated rings. The number of aliphatic hydroxyl groups is 1. The van der Waals surface area contributed by atoms with Crippen molar-refractivity contribution in [3.05, 3.63) is 0 Å². The summed E-state index contributed by atoms with van der Waals surface area (Å²) in [5.41, 5.74) is 5.32. The second kappa shape index (κ2) is 5.17. The Balaban J connectivity index is 1.87. The van der Waals surface area contributed by atoms with Gasteiger partial charge in [-0.3, -0.25) is 4.79 Å². The highest BCUT2D eigenvalue weighted by Gasteiger charge is 2.44. The first kappa shape index (κ1) is 13.8. The zero-order valence-electron chi connectivity index (χ0n) is 11.5. The highest BCUT2D eigenvalue weighted by atomic mass is 16.3. The average Bonchev–Trinajstić information content (AvgIpc) is 2.36. The summed E-state index contributed by atoms with van der Waals surface area (Å²) in [5, 5.41) is 9.95. The summed E-state index contributed by atoms with van der Waals surface area (Å²) in [4.78, 5) is 14.0. The lowest BCUT2D eigenvalue weighted by atomic mass is 9.71. The number of carbonyl (C=O) groups excluding carboxylic acids is 1. The van der Waals surface area contributed by atoms with E-state index in [4.69, 9.17) is 5.73 Å². The van der Waals surface area contributed by atoms with Gasteiger partial charge in [0, 0.05) is 6.42 Å². The Bertz CT molecular complexity index is 305. The smallest absolute Gasteiger partial charge is 0.223 e. The summed E-state index contributed by atoms with van der Waals surface area (Å²) in [6.45, 7) is 3.58. The molecule has 0 radical (unpaired) electrons. The van der Waals surface area contributed by atoms with Gasteiger partial charge in [-0.2, -0.15) is 0 Å². The predicted molar refractivity (Wildman–Crippen MR) is 71.0 cm³/mol. The van der Waals surface area contributed by atoms with Crippen molar-refractivity contribution >= 4 is 5.91 Å². The lowest BCUT2D eigenvalue weighted by Crippen LogP contribution is -2.63. The molecule has 0 aromatic heterocycles. The van der Waals surface area contributed by atoms with Gasteiger partial charge in [-0.1, -0.05) is 26.2 Å². The van der Waals surface area contributed by atoms with Gasteiger partial charge in [0.05, 0.1) is 18.7 Å². The van der Waals surface area contributed by atoms with E-state index in [2.05, 4.69) is 0 Å². The monoisotopic (exact) mass is 254 g/mol. The number of hydrogen-bond acceptors (Lipinski definition) is 3. The van der Waals surface area contributed by atoms with Crippen molar-refractivity contribution in [2.45, 2.75) is 57.5 Å². The first-order chi connectivity index (χ1) is 8.52. The normalized spacial score (nSPS) is 25.6. The molecule has 1 heterocycles. The molecule has 4 heteroatoms. The van der Waals surface area contributed by atoms with E-state index in [0.29, 0.717) is 26.1 Å². The van der Waals surface area contributed by atoms with Crippen LogP contribution in [0.5, 0.6) is 0 Å². The molecule has 2 aliphatic rings. The third-order valence-corrected chi connectivity index (χ3v) is 4.85. The molecule has 0 atom stereocenters. The molecule has 1 amide bonds. The molecule has 1 saturated heterocycles. The van der Waals surface area contributed by atoms with Gasteiger partial charge in [-0.25, -0.2) is 0 Å². The summed E-state index contributed by atoms with van der Waals surface area (Å²) < 4.78 is 0. The quantitative estimate of drug-likeness (QED) is 0.794. The van der Waals surface area contributed by atoms with Crippen molar-refractivity contribution in [1.29, 1.82) is 0 Å². The van der Waals surface area contributed by atoms with Crippen LogP contribution in [0.25, 0.3) is 0 Å². The van der Waals surface area contributed by atoms with Gasteiger partial charge in [-0.05, 0) is 31.2 Å². The first-order valence-electron chi connectivity index (χ1n) is 7.23. The van der Waals surface area contributed by atoms with Crippen molar-refractivity contribution in [2.75, 3.05) is 19.6 Å². The minimum Gasteiger partial charge on any atom is -0.386 e. The van der Waals surface area contributed by atoms with E-state index in [9.17, 15) is 9.90 Å². The van der Waals surface area contributed by atoms with Gasteiger partial charge >= 0.3 is 0 Å². The molecule has 1 aliphatic carbocycles. The highest BCUT2D eigenvalue weighted by Crippen LogP contribution is 2.39. The Morgan fingerprint density at radius 2 is 1.89 bits per heavy atom. The minimum absolute atomic E-state index is 0.0370. The van der Waals surface area contributed by atoms with Gasteiger partial charge < -0.3 is 15.7 Å². The summed E-state index contributed by atoms with van der Waals surface area (Å²) in [7, 11) is 0. The molecule has 4 nitrogen and oxygen atoms in total. The number of nitrogens with two attached hydrogens (primary N) is 1. The van der Waals surface area contributed by atoms with Crippen LogP contribution in [0.1, 0.15) is 51.9 Å². The maximum absolute atomic E-state index is 12.2. The van der Waals surface area contributed by atoms with Crippen LogP contribution in [-0.2, 0) is 4.79 Å². The average molecular weight is 254 g/mol. The van der Waals surface area contributed by atoms with Gasteiger partial charge in [0.2, 0.25) is 5.91 Å². The molecule has 1 saturated carbocycles. The number of amides is 1. The van der Waals surface area contributed by atoms with E-state index in [-0.39, 0.29) is 11.3 Å². The van der Waals surface area contributed by atoms with Crippen molar-refractivity contribution < 1.29 is 9.90 Å². The third kappa shape index (κ3) is 2.69. The van der Waals surface area contributed by atoms with E-state index in [0.717, 1.165) is 19.3 Å². The van der Waals surface area contributed by atoms with Crippen LogP contribution in [0.2, 0.25) is 0 Å². The minimum atomic E-state index is -0.627. The molecule has 0 aromatic carbocycles. The molecular weight excluding hydrogens is 228 g/mol. The maximum Gasteiger partial charge on any atom is 0.223 e. The van der Waals surface area contributed by atoms with Crippen LogP contribution < -0.4 is 5.73 Å². The highest BCUT2D eigenvalue weighted by molar-refractivity contribution is 5.78. The van der Waals surface area contributed by atoms with Crippen LogP contribution >= 0.6 is 0 Å². The topological polar surface area (TPSA) is 66.6 Å². The summed E-state index contributed by atoms with van der Waals surface area (Å²) in [6.07, 6.45) is 7.13. The fourth-order valence-electron chi connectivity index (χ4n) is 3.25. The molecular formula is C14H26N2O2. The largest absolute Gasteiger partial charge is 0.386 e. The molecule has 0 aromatic rings. The van der Waals surface area contributed by atoms with E-state index in [1.165, 1.54) is 19.3 Å². The number of nitrogens with zero attached hydrogens (tertiary/aromatic N) is 1. The summed E-state index contributed by atoms with van der Waals surface area (Å²) in [5.74, 6) is 0.181. The SMILES string of the molecule is CCC1(O)CN(C(=O)CC2(CN)CCCCC2)C1. The first-order valence-corrected chi connectivity index (χ1v) is 7.23. The zero-order valence-corrected chi connectivity index (χ0v) is 11.5. The van der Waals surface area contributed by atoms with Gasteiger partial charge in [0.1, 0.15) is 0 Å². The lowest BCUT2D eigenvalue weighted by molar-refractivity contribution is -0.158. The Morgan fingerprint density at radius 3 is 2.39 bits per heavy atom. The number of rotatable bonds is 4. The molecule has 0 spiro atoms. The zero-order chi connectivity index (χ0) is 13.2. The second-order valence-corrected chi connectivity index (χ2v) is 6.27. The number of β-amino-alcohol motifs (C(OH)–C–C–N with tert-alkyl or cyclic N) is 1.